The maximum atomic E-state index is 6.39. The van der Waals surface area contributed by atoms with Gasteiger partial charge in [0.15, 0.2) is 0 Å². The van der Waals surface area contributed by atoms with Gasteiger partial charge in [0.1, 0.15) is 10.8 Å². The molecule has 170 valence electrons. The smallest absolute Gasteiger partial charge is 0.145 e. The predicted octanol–water partition coefficient (Wildman–Crippen LogP) is 4.77. The van der Waals surface area contributed by atoms with Crippen LogP contribution in [0.15, 0.2) is 0 Å². The van der Waals surface area contributed by atoms with Crippen molar-refractivity contribution in [3.8, 4) is 0 Å². The van der Waals surface area contributed by atoms with Crippen molar-refractivity contribution >= 4 is 19.0 Å². The molecule has 0 N–H and O–H groups in total. The Hall–Kier alpha value is 0.274. The van der Waals surface area contributed by atoms with Gasteiger partial charge in [0.25, 0.3) is 0 Å². The maximum absolute atomic E-state index is 6.39. The molecule has 0 fully saturated rings. The van der Waals surface area contributed by atoms with Crippen molar-refractivity contribution in [3.63, 3.8) is 0 Å². The molecule has 0 spiro atoms. The van der Waals surface area contributed by atoms with E-state index in [1.54, 1.807) is 0 Å². The highest BCUT2D eigenvalue weighted by Crippen LogP contribution is 2.28. The van der Waals surface area contributed by atoms with Crippen LogP contribution in [-0.4, -0.2) is 54.3 Å². The second kappa shape index (κ2) is 14.3. The lowest BCUT2D eigenvalue weighted by Gasteiger charge is -2.39. The third kappa shape index (κ3) is 12.1. The predicted molar refractivity (Wildman–Crippen MR) is 127 cm³/mol. The van der Waals surface area contributed by atoms with Crippen LogP contribution in [0.1, 0.15) is 94.9 Å². The summed E-state index contributed by atoms with van der Waals surface area (Å²) >= 11 is 0. The van der Waals surface area contributed by atoms with Gasteiger partial charge in [0.05, 0.1) is 43.5 Å². The molecule has 0 unspecified atom stereocenters. The highest BCUT2D eigenvalue weighted by molar-refractivity contribution is 6.45. The Kier molecular flexibility index (Phi) is 14.4. The minimum atomic E-state index is -0.536. The zero-order valence-electron chi connectivity index (χ0n) is 20.6. The van der Waals surface area contributed by atoms with E-state index in [-0.39, 0.29) is 35.2 Å². The fraction of sp³-hybridized carbons (Fsp3) is 1.00. The minimum Gasteiger partial charge on any atom is -0.352 e. The van der Waals surface area contributed by atoms with Gasteiger partial charge in [0.2, 0.25) is 0 Å². The highest BCUT2D eigenvalue weighted by Gasteiger charge is 2.36. The molecule has 0 aromatic heterocycles. The third-order valence-corrected chi connectivity index (χ3v) is 10.0. The summed E-state index contributed by atoms with van der Waals surface area (Å²) in [6.45, 7) is 21.4. The summed E-state index contributed by atoms with van der Waals surface area (Å²) in [5.41, 5.74) is -0.645. The molecule has 0 saturated heterocycles. The molecule has 0 radical (unpaired) electrons. The molecule has 6 heteroatoms. The standard InChI is InChI=1S/C22H50O4Si2/c1-11-13-21(23-17(3)4,24-18(5)6)27-15-16-28-22(14-12-2,25-19(7)8)26-20(9)10/h17-20H,11-16,27-28H2,1-10H3. The van der Waals surface area contributed by atoms with Crippen molar-refractivity contribution in [1.29, 1.82) is 0 Å². The van der Waals surface area contributed by atoms with Crippen LogP contribution in [-0.2, 0) is 18.9 Å². The Morgan fingerprint density at radius 3 is 0.964 bits per heavy atom. The zero-order chi connectivity index (χ0) is 21.8. The van der Waals surface area contributed by atoms with Gasteiger partial charge in [-0.1, -0.05) is 38.8 Å². The Labute approximate surface area is 180 Å². The monoisotopic (exact) mass is 434 g/mol. The van der Waals surface area contributed by atoms with Crippen molar-refractivity contribution in [2.75, 3.05) is 0 Å². The zero-order valence-corrected chi connectivity index (χ0v) is 23.4. The normalized spacial score (nSPS) is 14.4. The average Bonchev–Trinajstić information content (AvgIpc) is 2.49. The van der Waals surface area contributed by atoms with Crippen molar-refractivity contribution in [3.05, 3.63) is 0 Å². The highest BCUT2D eigenvalue weighted by atomic mass is 28.2. The van der Waals surface area contributed by atoms with Crippen LogP contribution in [0.5, 0.6) is 0 Å². The van der Waals surface area contributed by atoms with Gasteiger partial charge in [-0.05, 0) is 68.2 Å². The van der Waals surface area contributed by atoms with Crippen LogP contribution >= 0.6 is 0 Å². The van der Waals surface area contributed by atoms with Crippen LogP contribution in [0, 0.1) is 0 Å². The van der Waals surface area contributed by atoms with E-state index in [2.05, 4.69) is 69.2 Å². The Morgan fingerprint density at radius 1 is 0.536 bits per heavy atom. The first kappa shape index (κ1) is 28.3. The van der Waals surface area contributed by atoms with Gasteiger partial charge in [-0.3, -0.25) is 0 Å². The van der Waals surface area contributed by atoms with Crippen molar-refractivity contribution in [2.24, 2.45) is 0 Å². The summed E-state index contributed by atoms with van der Waals surface area (Å²) < 4.78 is 25.6. The fourth-order valence-corrected chi connectivity index (χ4v) is 10.1. The second-order valence-corrected chi connectivity index (χ2v) is 13.8. The van der Waals surface area contributed by atoms with E-state index in [0.717, 1.165) is 25.7 Å². The van der Waals surface area contributed by atoms with Crippen LogP contribution in [0.25, 0.3) is 0 Å². The van der Waals surface area contributed by atoms with E-state index >= 15 is 0 Å². The lowest BCUT2D eigenvalue weighted by atomic mass is 10.3. The first-order chi connectivity index (χ1) is 13.0. The SMILES string of the molecule is CCCC(OC(C)C)(OC(C)C)[SiH2]CC[SiH2]C(CCC)(OC(C)C)OC(C)C. The Bertz CT molecular complexity index is 331. The summed E-state index contributed by atoms with van der Waals surface area (Å²) in [6.07, 6.45) is 4.98. The van der Waals surface area contributed by atoms with Gasteiger partial charge in [-0.15, -0.1) is 0 Å². The minimum absolute atomic E-state index is 0.197. The quantitative estimate of drug-likeness (QED) is 0.188. The molecule has 0 saturated carbocycles. The van der Waals surface area contributed by atoms with E-state index in [4.69, 9.17) is 18.9 Å². The molecule has 0 atom stereocenters. The maximum Gasteiger partial charge on any atom is 0.145 e. The molecule has 4 nitrogen and oxygen atoms in total. The van der Waals surface area contributed by atoms with Crippen molar-refractivity contribution in [1.82, 2.24) is 0 Å². The molecule has 0 amide bonds. The molecule has 0 aromatic rings. The summed E-state index contributed by atoms with van der Waals surface area (Å²) in [4.78, 5) is 0. The molecular formula is C22H50O4Si2. The lowest BCUT2D eigenvalue weighted by Crippen LogP contribution is -2.47. The molecule has 0 aliphatic carbocycles. The summed E-state index contributed by atoms with van der Waals surface area (Å²) in [5, 5.41) is 0. The van der Waals surface area contributed by atoms with E-state index in [0.29, 0.717) is 0 Å². The molecule has 0 aromatic carbocycles. The Morgan fingerprint density at radius 2 is 0.786 bits per heavy atom. The number of ether oxygens (including phenoxy) is 4. The summed E-state index contributed by atoms with van der Waals surface area (Å²) in [5.74, 6) is 0. The van der Waals surface area contributed by atoms with E-state index in [1.807, 2.05) is 0 Å². The Balaban J connectivity index is 5.09. The van der Waals surface area contributed by atoms with Crippen molar-refractivity contribution in [2.45, 2.75) is 142 Å². The van der Waals surface area contributed by atoms with Gasteiger partial charge in [-0.25, -0.2) is 0 Å². The van der Waals surface area contributed by atoms with Gasteiger partial charge >= 0.3 is 0 Å². The average molecular weight is 435 g/mol. The molecular weight excluding hydrogens is 384 g/mol. The third-order valence-electron chi connectivity index (χ3n) is 4.43. The molecule has 0 bridgehead atoms. The molecule has 0 aliphatic heterocycles. The van der Waals surface area contributed by atoms with Gasteiger partial charge in [-0.2, -0.15) is 0 Å². The summed E-state index contributed by atoms with van der Waals surface area (Å²) in [6, 6.07) is 2.47. The van der Waals surface area contributed by atoms with Crippen molar-refractivity contribution < 1.29 is 18.9 Å². The van der Waals surface area contributed by atoms with E-state index < -0.39 is 19.0 Å². The molecule has 0 rings (SSSR count). The lowest BCUT2D eigenvalue weighted by molar-refractivity contribution is -0.221. The molecule has 0 aliphatic rings. The summed E-state index contributed by atoms with van der Waals surface area (Å²) in [7, 11) is -1.07. The van der Waals surface area contributed by atoms with Crippen LogP contribution in [0.4, 0.5) is 0 Å². The number of rotatable bonds is 17. The fourth-order valence-electron chi connectivity index (χ4n) is 4.05. The first-order valence-corrected chi connectivity index (χ1v) is 15.1. The van der Waals surface area contributed by atoms with Crippen LogP contribution < -0.4 is 0 Å². The number of hydrogen-bond acceptors (Lipinski definition) is 4. The molecule has 0 heterocycles. The van der Waals surface area contributed by atoms with Crippen LogP contribution in [0.2, 0.25) is 12.1 Å². The topological polar surface area (TPSA) is 36.9 Å². The number of hydrogen-bond donors (Lipinski definition) is 0. The molecule has 28 heavy (non-hydrogen) atoms. The largest absolute Gasteiger partial charge is 0.352 e. The van der Waals surface area contributed by atoms with E-state index in [9.17, 15) is 0 Å². The second-order valence-electron chi connectivity index (χ2n) is 9.19. The van der Waals surface area contributed by atoms with Crippen LogP contribution in [0.3, 0.4) is 0 Å². The first-order valence-electron chi connectivity index (χ1n) is 11.7. The van der Waals surface area contributed by atoms with Gasteiger partial charge in [0, 0.05) is 0 Å². The van der Waals surface area contributed by atoms with E-state index in [1.165, 1.54) is 12.1 Å². The van der Waals surface area contributed by atoms with Gasteiger partial charge < -0.3 is 18.9 Å².